The van der Waals surface area contributed by atoms with Gasteiger partial charge in [-0.3, -0.25) is 24.0 Å². The second-order valence-electron chi connectivity index (χ2n) is 11.3. The van der Waals surface area contributed by atoms with Gasteiger partial charge in [0.25, 0.3) is 0 Å². The van der Waals surface area contributed by atoms with Crippen LogP contribution in [-0.4, -0.2) is 101 Å². The topological polar surface area (TPSA) is 204 Å². The van der Waals surface area contributed by atoms with Gasteiger partial charge in [0.15, 0.2) is 53.7 Å². The van der Waals surface area contributed by atoms with E-state index in [0.717, 1.165) is 6.08 Å². The van der Waals surface area contributed by atoms with E-state index in [0.29, 0.717) is 11.1 Å². The Balaban J connectivity index is 1.81. The van der Waals surface area contributed by atoms with Crippen LogP contribution >= 0.6 is 0 Å². The van der Waals surface area contributed by atoms with E-state index in [1.165, 1.54) is 86.3 Å². The van der Waals surface area contributed by atoms with Gasteiger partial charge in [0.05, 0.1) is 14.2 Å². The zero-order valence-electron chi connectivity index (χ0n) is 30.4. The van der Waals surface area contributed by atoms with E-state index in [1.807, 2.05) is 0 Å². The van der Waals surface area contributed by atoms with Crippen LogP contribution in [0.4, 0.5) is 0 Å². The molecule has 0 bridgehead atoms. The Morgan fingerprint density at radius 2 is 1.36 bits per heavy atom. The Hall–Kier alpha value is -5.68. The predicted molar refractivity (Wildman–Crippen MR) is 180 cm³/mol. The number of methoxy groups -OCH3 is 3. The molecule has 0 aliphatic carbocycles. The zero-order chi connectivity index (χ0) is 39.2. The van der Waals surface area contributed by atoms with Crippen molar-refractivity contribution < 1.29 is 80.9 Å². The molecule has 1 saturated heterocycles. The van der Waals surface area contributed by atoms with Crippen LogP contribution in [0.1, 0.15) is 51.8 Å². The third-order valence-corrected chi connectivity index (χ3v) is 7.22. The second kappa shape index (κ2) is 19.8. The normalized spacial score (nSPS) is 18.9. The van der Waals surface area contributed by atoms with Crippen LogP contribution in [0.5, 0.6) is 23.0 Å². The fourth-order valence-electron chi connectivity index (χ4n) is 5.11. The Kier molecular flexibility index (Phi) is 15.6. The van der Waals surface area contributed by atoms with Crippen LogP contribution in [0.2, 0.25) is 0 Å². The molecule has 1 aliphatic rings. The van der Waals surface area contributed by atoms with Crippen LogP contribution < -0.4 is 18.9 Å². The number of carbonyl (C=O) groups is 6. The van der Waals surface area contributed by atoms with E-state index in [4.69, 9.17) is 52.1 Å². The minimum Gasteiger partial charge on any atom is -0.493 e. The van der Waals surface area contributed by atoms with Crippen LogP contribution in [-0.2, 0) is 61.9 Å². The molecule has 1 fully saturated rings. The van der Waals surface area contributed by atoms with Crippen molar-refractivity contribution in [1.29, 1.82) is 0 Å². The zero-order valence-corrected chi connectivity index (χ0v) is 30.4. The van der Waals surface area contributed by atoms with Crippen LogP contribution in [0.25, 0.3) is 6.08 Å². The maximum atomic E-state index is 12.7. The molecule has 17 heteroatoms. The van der Waals surface area contributed by atoms with Crippen molar-refractivity contribution >= 4 is 41.9 Å². The second-order valence-corrected chi connectivity index (χ2v) is 11.3. The third-order valence-electron chi connectivity index (χ3n) is 7.22. The highest BCUT2D eigenvalue weighted by atomic mass is 16.7. The molecule has 17 nitrogen and oxygen atoms in total. The van der Waals surface area contributed by atoms with E-state index in [9.17, 15) is 28.8 Å². The summed E-state index contributed by atoms with van der Waals surface area (Å²) in [4.78, 5) is 71.6. The molecule has 0 radical (unpaired) electrons. The van der Waals surface area contributed by atoms with E-state index in [2.05, 4.69) is 0 Å². The highest BCUT2D eigenvalue weighted by Gasteiger charge is 2.50. The molecule has 0 amide bonds. The molecular weight excluding hydrogens is 704 g/mol. The Labute approximate surface area is 305 Å². The highest BCUT2D eigenvalue weighted by molar-refractivity contribution is 5.87. The molecule has 3 rings (SSSR count). The van der Waals surface area contributed by atoms with Crippen molar-refractivity contribution in [3.63, 3.8) is 0 Å². The summed E-state index contributed by atoms with van der Waals surface area (Å²) in [6.07, 6.45) is -3.94. The molecule has 0 N–H and O–H groups in total. The molecular formula is C36H42O17. The maximum Gasteiger partial charge on any atom is 0.330 e. The van der Waals surface area contributed by atoms with Crippen molar-refractivity contribution in [3.8, 4) is 23.0 Å². The standard InChI is InChI=1S/C36H42O17/c1-19(37)46-17-30(33(49-21(3)39)25-11-13-26(48-20(2)38)29(16-25)44-7)52-27-12-9-24(15-28(27)43-6)10-14-32(42)47-18-31-34(50-22(4)40)35(51-23(5)41)36(45-8)53-31/h9-16,30-31,33-36H,17-18H2,1-8H3/b14-10+/t30-,31+,33-,34+,35-,36-/m1/s1. The summed E-state index contributed by atoms with van der Waals surface area (Å²) in [5, 5.41) is 0. The molecule has 288 valence electrons. The summed E-state index contributed by atoms with van der Waals surface area (Å²) in [5.74, 6) is -3.30. The van der Waals surface area contributed by atoms with Crippen LogP contribution in [0.3, 0.4) is 0 Å². The summed E-state index contributed by atoms with van der Waals surface area (Å²) >= 11 is 0. The lowest BCUT2D eigenvalue weighted by Gasteiger charge is -2.28. The van der Waals surface area contributed by atoms with Crippen LogP contribution in [0, 0.1) is 0 Å². The Morgan fingerprint density at radius 1 is 0.717 bits per heavy atom. The van der Waals surface area contributed by atoms with E-state index >= 15 is 0 Å². The van der Waals surface area contributed by atoms with E-state index < -0.39 is 72.6 Å². The number of rotatable bonds is 17. The van der Waals surface area contributed by atoms with Gasteiger partial charge < -0.3 is 52.1 Å². The monoisotopic (exact) mass is 746 g/mol. The molecule has 0 aromatic heterocycles. The van der Waals surface area contributed by atoms with Gasteiger partial charge in [-0.1, -0.05) is 12.1 Å². The average Bonchev–Trinajstić information content (AvgIpc) is 3.41. The van der Waals surface area contributed by atoms with Gasteiger partial charge in [-0.25, -0.2) is 4.79 Å². The van der Waals surface area contributed by atoms with Gasteiger partial charge in [-0.05, 0) is 35.9 Å². The third kappa shape index (κ3) is 12.5. The van der Waals surface area contributed by atoms with Crippen molar-refractivity contribution in [3.05, 3.63) is 53.6 Å². The molecule has 2 aromatic rings. The first kappa shape index (κ1) is 41.7. The van der Waals surface area contributed by atoms with Gasteiger partial charge in [0.2, 0.25) is 0 Å². The molecule has 53 heavy (non-hydrogen) atoms. The maximum absolute atomic E-state index is 12.7. The van der Waals surface area contributed by atoms with Gasteiger partial charge in [0.1, 0.15) is 19.3 Å². The molecule has 0 unspecified atom stereocenters. The summed E-state index contributed by atoms with van der Waals surface area (Å²) in [6.45, 7) is 5.27. The lowest BCUT2D eigenvalue weighted by molar-refractivity contribution is -0.181. The number of hydrogen-bond acceptors (Lipinski definition) is 17. The molecule has 1 aliphatic heterocycles. The minimum atomic E-state index is -1.15. The number of carbonyl (C=O) groups excluding carboxylic acids is 6. The lowest BCUT2D eigenvalue weighted by atomic mass is 10.0. The Morgan fingerprint density at radius 3 is 1.94 bits per heavy atom. The summed E-state index contributed by atoms with van der Waals surface area (Å²) in [5.41, 5.74) is 0.846. The molecule has 0 spiro atoms. The SMILES string of the molecule is COc1cc([C@@H](OC(C)=O)[C@@H](COC(C)=O)Oc2ccc(/C=C/C(=O)OC[C@@H]3O[C@@H](OC)[C@H](OC(C)=O)[C@H]3OC(C)=O)cc2OC)ccc1OC(C)=O. The summed E-state index contributed by atoms with van der Waals surface area (Å²) < 4.78 is 59.9. The first-order chi connectivity index (χ1) is 25.1. The number of hydrogen-bond donors (Lipinski definition) is 0. The number of ether oxygens (including phenoxy) is 11. The quantitative estimate of drug-likeness (QED) is 0.0987. The molecule has 2 aromatic carbocycles. The lowest BCUT2D eigenvalue weighted by Crippen LogP contribution is -2.41. The fourth-order valence-corrected chi connectivity index (χ4v) is 5.11. The van der Waals surface area contributed by atoms with E-state index in [-0.39, 0.29) is 36.2 Å². The van der Waals surface area contributed by atoms with Crippen molar-refractivity contribution in [2.45, 2.75) is 71.4 Å². The van der Waals surface area contributed by atoms with Gasteiger partial charge in [0, 0.05) is 53.4 Å². The first-order valence-electron chi connectivity index (χ1n) is 16.0. The summed E-state index contributed by atoms with van der Waals surface area (Å²) in [6, 6.07) is 9.14. The van der Waals surface area contributed by atoms with Crippen molar-refractivity contribution in [2.75, 3.05) is 34.5 Å². The van der Waals surface area contributed by atoms with Gasteiger partial charge in [-0.2, -0.15) is 0 Å². The van der Waals surface area contributed by atoms with Gasteiger partial charge >= 0.3 is 35.8 Å². The largest absolute Gasteiger partial charge is 0.493 e. The predicted octanol–water partition coefficient (Wildman–Crippen LogP) is 3.04. The molecule has 0 saturated carbocycles. The van der Waals surface area contributed by atoms with Crippen molar-refractivity contribution in [2.24, 2.45) is 0 Å². The fraction of sp³-hybridized carbons (Fsp3) is 0.444. The molecule has 1 heterocycles. The number of benzene rings is 2. The average molecular weight is 747 g/mol. The van der Waals surface area contributed by atoms with Crippen molar-refractivity contribution in [1.82, 2.24) is 0 Å². The first-order valence-corrected chi connectivity index (χ1v) is 16.0. The highest BCUT2D eigenvalue weighted by Crippen LogP contribution is 2.37. The van der Waals surface area contributed by atoms with Crippen LogP contribution in [0.15, 0.2) is 42.5 Å². The number of esters is 6. The van der Waals surface area contributed by atoms with Gasteiger partial charge in [-0.15, -0.1) is 0 Å². The summed E-state index contributed by atoms with van der Waals surface area (Å²) in [7, 11) is 4.06. The van der Waals surface area contributed by atoms with E-state index in [1.54, 1.807) is 12.1 Å². The smallest absolute Gasteiger partial charge is 0.330 e. The molecule has 6 atom stereocenters. The Bertz CT molecular complexity index is 1670. The minimum absolute atomic E-state index is 0.127.